The van der Waals surface area contributed by atoms with Crippen LogP contribution < -0.4 is 0 Å². The molecule has 1 aromatic rings. The first-order valence-electron chi connectivity index (χ1n) is 6.48. The molecule has 0 saturated heterocycles. The van der Waals surface area contributed by atoms with Gasteiger partial charge in [0, 0.05) is 17.0 Å². The summed E-state index contributed by atoms with van der Waals surface area (Å²) in [6.07, 6.45) is 3.80. The molecule has 0 radical (unpaired) electrons. The maximum absolute atomic E-state index is 5.29. The van der Waals surface area contributed by atoms with E-state index < -0.39 is 0 Å². The summed E-state index contributed by atoms with van der Waals surface area (Å²) < 4.78 is 0.725. The van der Waals surface area contributed by atoms with Crippen molar-refractivity contribution >= 4 is 12.2 Å². The summed E-state index contributed by atoms with van der Waals surface area (Å²) >= 11 is 5.29. The number of nitrogens with one attached hydrogen (secondary N) is 1. The van der Waals surface area contributed by atoms with Crippen LogP contribution in [0.2, 0.25) is 0 Å². The highest BCUT2D eigenvalue weighted by Crippen LogP contribution is 2.36. The van der Waals surface area contributed by atoms with Crippen molar-refractivity contribution in [1.29, 1.82) is 0 Å². The molecule has 1 N–H and O–H groups in total. The number of aromatic nitrogens is 2. The third kappa shape index (κ3) is 2.95. The summed E-state index contributed by atoms with van der Waals surface area (Å²) in [6, 6.07) is 2.00. The van der Waals surface area contributed by atoms with Gasteiger partial charge in [0.05, 0.1) is 0 Å². The molecule has 0 aliphatic heterocycles. The van der Waals surface area contributed by atoms with E-state index in [-0.39, 0.29) is 5.41 Å². The third-order valence-corrected chi connectivity index (χ3v) is 3.86. The fraction of sp³-hybridized carbons (Fsp3) is 0.714. The fourth-order valence-corrected chi connectivity index (χ4v) is 2.75. The van der Waals surface area contributed by atoms with Gasteiger partial charge in [0.2, 0.25) is 0 Å². The number of hydrogen-bond donors (Lipinski definition) is 1. The summed E-state index contributed by atoms with van der Waals surface area (Å²) in [5.41, 5.74) is 1.31. The SMILES string of the molecule is CC1CCC(c2nc(=S)cc(C(C)(C)C)[nH]2)C1. The molecule has 0 amide bonds. The lowest BCUT2D eigenvalue weighted by Gasteiger charge is -2.21. The van der Waals surface area contributed by atoms with E-state index >= 15 is 0 Å². The highest BCUT2D eigenvalue weighted by molar-refractivity contribution is 7.71. The van der Waals surface area contributed by atoms with E-state index in [0.717, 1.165) is 16.4 Å². The molecule has 1 saturated carbocycles. The van der Waals surface area contributed by atoms with Gasteiger partial charge in [-0.05, 0) is 31.2 Å². The van der Waals surface area contributed by atoms with E-state index in [1.165, 1.54) is 25.0 Å². The predicted octanol–water partition coefficient (Wildman–Crippen LogP) is 4.34. The van der Waals surface area contributed by atoms with Crippen molar-refractivity contribution in [3.8, 4) is 0 Å². The van der Waals surface area contributed by atoms with Crippen LogP contribution in [0.5, 0.6) is 0 Å². The van der Waals surface area contributed by atoms with Gasteiger partial charge in [0.25, 0.3) is 0 Å². The van der Waals surface area contributed by atoms with Gasteiger partial charge >= 0.3 is 0 Å². The number of aromatic amines is 1. The first-order valence-corrected chi connectivity index (χ1v) is 6.89. The Balaban J connectivity index is 2.36. The van der Waals surface area contributed by atoms with Gasteiger partial charge in [-0.1, -0.05) is 39.9 Å². The van der Waals surface area contributed by atoms with Crippen LogP contribution in [-0.2, 0) is 5.41 Å². The first kappa shape index (κ1) is 12.7. The maximum Gasteiger partial charge on any atom is 0.130 e. The normalized spacial score (nSPS) is 25.2. The van der Waals surface area contributed by atoms with Crippen molar-refractivity contribution in [2.75, 3.05) is 0 Å². The van der Waals surface area contributed by atoms with Gasteiger partial charge in [-0.25, -0.2) is 4.98 Å². The molecule has 2 rings (SSSR count). The minimum atomic E-state index is 0.107. The Morgan fingerprint density at radius 1 is 1.35 bits per heavy atom. The summed E-state index contributed by atoms with van der Waals surface area (Å²) in [5.74, 6) is 2.50. The summed E-state index contributed by atoms with van der Waals surface area (Å²) in [7, 11) is 0. The molecule has 2 unspecified atom stereocenters. The first-order chi connectivity index (χ1) is 7.86. The Morgan fingerprint density at radius 2 is 2.06 bits per heavy atom. The second-order valence-electron chi connectivity index (χ2n) is 6.38. The van der Waals surface area contributed by atoms with Crippen LogP contribution >= 0.6 is 12.2 Å². The molecule has 17 heavy (non-hydrogen) atoms. The predicted molar refractivity (Wildman–Crippen MR) is 73.9 cm³/mol. The van der Waals surface area contributed by atoms with Crippen molar-refractivity contribution in [1.82, 2.24) is 9.97 Å². The second-order valence-corrected chi connectivity index (χ2v) is 6.80. The van der Waals surface area contributed by atoms with Crippen LogP contribution in [0.15, 0.2) is 6.07 Å². The van der Waals surface area contributed by atoms with Crippen LogP contribution in [0.3, 0.4) is 0 Å². The number of hydrogen-bond acceptors (Lipinski definition) is 2. The quantitative estimate of drug-likeness (QED) is 0.751. The van der Waals surface area contributed by atoms with Gasteiger partial charge in [-0.3, -0.25) is 0 Å². The van der Waals surface area contributed by atoms with E-state index in [4.69, 9.17) is 12.2 Å². The number of rotatable bonds is 1. The molecule has 0 bridgehead atoms. The van der Waals surface area contributed by atoms with Gasteiger partial charge < -0.3 is 4.98 Å². The lowest BCUT2D eigenvalue weighted by Crippen LogP contribution is -2.16. The zero-order valence-electron chi connectivity index (χ0n) is 11.2. The molecule has 1 heterocycles. The average molecular weight is 250 g/mol. The van der Waals surface area contributed by atoms with E-state index in [2.05, 4.69) is 37.7 Å². The monoisotopic (exact) mass is 250 g/mol. The van der Waals surface area contributed by atoms with Crippen LogP contribution in [-0.4, -0.2) is 9.97 Å². The van der Waals surface area contributed by atoms with E-state index in [0.29, 0.717) is 5.92 Å². The van der Waals surface area contributed by atoms with Gasteiger partial charge in [0.15, 0.2) is 0 Å². The van der Waals surface area contributed by atoms with Gasteiger partial charge in [-0.15, -0.1) is 0 Å². The maximum atomic E-state index is 5.29. The third-order valence-electron chi connectivity index (χ3n) is 3.65. The van der Waals surface area contributed by atoms with Crippen LogP contribution in [0.1, 0.15) is 64.4 Å². The van der Waals surface area contributed by atoms with Crippen LogP contribution in [0.25, 0.3) is 0 Å². The smallest absolute Gasteiger partial charge is 0.130 e. The van der Waals surface area contributed by atoms with E-state index in [1.807, 2.05) is 6.07 Å². The molecule has 2 nitrogen and oxygen atoms in total. The summed E-state index contributed by atoms with van der Waals surface area (Å²) in [4.78, 5) is 8.03. The Bertz CT molecular complexity index is 456. The highest BCUT2D eigenvalue weighted by atomic mass is 32.1. The van der Waals surface area contributed by atoms with Crippen LogP contribution in [0.4, 0.5) is 0 Å². The Morgan fingerprint density at radius 3 is 2.59 bits per heavy atom. The molecule has 1 aliphatic rings. The van der Waals surface area contributed by atoms with Crippen molar-refractivity contribution in [2.24, 2.45) is 5.92 Å². The molecule has 1 aromatic heterocycles. The molecule has 2 atom stereocenters. The Kier molecular flexibility index (Phi) is 3.39. The fourth-order valence-electron chi connectivity index (χ4n) is 2.53. The van der Waals surface area contributed by atoms with E-state index in [9.17, 15) is 0 Å². The largest absolute Gasteiger partial charge is 0.346 e. The van der Waals surface area contributed by atoms with Crippen molar-refractivity contribution in [3.63, 3.8) is 0 Å². The molecular formula is C14H22N2S. The number of nitrogens with zero attached hydrogens (tertiary/aromatic N) is 1. The summed E-state index contributed by atoms with van der Waals surface area (Å²) in [5, 5.41) is 0. The molecule has 3 heteroatoms. The standard InChI is InChI=1S/C14H22N2S/c1-9-5-6-10(7-9)13-15-11(14(2,3)4)8-12(17)16-13/h8-10H,5-7H2,1-4H3,(H,15,16,17). The average Bonchev–Trinajstić information content (AvgIpc) is 2.62. The zero-order chi connectivity index (χ0) is 12.6. The van der Waals surface area contributed by atoms with Crippen LogP contribution in [0, 0.1) is 10.6 Å². The Labute approximate surface area is 109 Å². The zero-order valence-corrected chi connectivity index (χ0v) is 12.0. The van der Waals surface area contributed by atoms with Crippen molar-refractivity contribution in [3.05, 3.63) is 22.2 Å². The van der Waals surface area contributed by atoms with Crippen molar-refractivity contribution < 1.29 is 0 Å². The van der Waals surface area contributed by atoms with Gasteiger partial charge in [-0.2, -0.15) is 0 Å². The molecule has 0 aromatic carbocycles. The van der Waals surface area contributed by atoms with E-state index in [1.54, 1.807) is 0 Å². The molecule has 1 aliphatic carbocycles. The Hall–Kier alpha value is -0.700. The molecular weight excluding hydrogens is 228 g/mol. The second kappa shape index (κ2) is 4.52. The van der Waals surface area contributed by atoms with Gasteiger partial charge in [0.1, 0.15) is 10.5 Å². The lowest BCUT2D eigenvalue weighted by molar-refractivity contribution is 0.544. The summed E-state index contributed by atoms with van der Waals surface area (Å²) in [6.45, 7) is 8.93. The molecule has 94 valence electrons. The molecule has 0 spiro atoms. The number of H-pyrrole nitrogens is 1. The van der Waals surface area contributed by atoms with Crippen molar-refractivity contribution in [2.45, 2.75) is 58.3 Å². The molecule has 1 fully saturated rings. The highest BCUT2D eigenvalue weighted by Gasteiger charge is 2.25. The lowest BCUT2D eigenvalue weighted by atomic mass is 9.91. The topological polar surface area (TPSA) is 28.7 Å². The minimum absolute atomic E-state index is 0.107. The minimum Gasteiger partial charge on any atom is -0.346 e.